The maximum absolute atomic E-state index is 11.7. The standard InChI is InChI=1S/C11H10Br2N2O2/c1-15-5-14-8-6(10(12)13)3-4-7(9(8)15)11(16)17-2/h3-5,10H,1-2H3. The summed E-state index contributed by atoms with van der Waals surface area (Å²) in [6, 6.07) is 3.61. The Kier molecular flexibility index (Phi) is 3.53. The van der Waals surface area contributed by atoms with E-state index in [0.29, 0.717) is 5.56 Å². The van der Waals surface area contributed by atoms with Crippen LogP contribution in [0.1, 0.15) is 19.7 Å². The molecule has 0 N–H and O–H groups in total. The van der Waals surface area contributed by atoms with E-state index in [0.717, 1.165) is 16.6 Å². The Bertz CT molecular complexity index is 578. The van der Waals surface area contributed by atoms with Crippen molar-refractivity contribution in [3.8, 4) is 0 Å². The molecule has 1 aromatic carbocycles. The average molecular weight is 362 g/mol. The number of carbonyl (C=O) groups is 1. The van der Waals surface area contributed by atoms with Crippen molar-refractivity contribution in [3.05, 3.63) is 29.6 Å². The fourth-order valence-corrected chi connectivity index (χ4v) is 2.48. The van der Waals surface area contributed by atoms with Gasteiger partial charge in [-0.1, -0.05) is 37.9 Å². The third-order valence-corrected chi connectivity index (χ3v) is 3.52. The van der Waals surface area contributed by atoms with E-state index in [1.54, 1.807) is 12.4 Å². The summed E-state index contributed by atoms with van der Waals surface area (Å²) in [6.45, 7) is 0. The van der Waals surface area contributed by atoms with Crippen LogP contribution >= 0.6 is 31.9 Å². The van der Waals surface area contributed by atoms with Crippen molar-refractivity contribution in [2.75, 3.05) is 7.11 Å². The number of imidazole rings is 1. The molecule has 0 spiro atoms. The van der Waals surface area contributed by atoms with Crippen LogP contribution in [0, 0.1) is 0 Å². The zero-order chi connectivity index (χ0) is 12.6. The molecule has 0 aliphatic heterocycles. The monoisotopic (exact) mass is 360 g/mol. The van der Waals surface area contributed by atoms with Crippen LogP contribution < -0.4 is 0 Å². The largest absolute Gasteiger partial charge is 0.465 e. The van der Waals surface area contributed by atoms with Gasteiger partial charge in [0.2, 0.25) is 0 Å². The summed E-state index contributed by atoms with van der Waals surface area (Å²) in [5.74, 6) is -0.356. The molecule has 0 aliphatic carbocycles. The molecule has 0 fully saturated rings. The molecule has 90 valence electrons. The fraction of sp³-hybridized carbons (Fsp3) is 0.273. The highest BCUT2D eigenvalue weighted by Gasteiger charge is 2.18. The van der Waals surface area contributed by atoms with Crippen molar-refractivity contribution in [1.29, 1.82) is 0 Å². The molecule has 0 atom stereocenters. The number of aryl methyl sites for hydroxylation is 1. The SMILES string of the molecule is COC(=O)c1ccc(C(Br)Br)c2ncn(C)c12. The first-order chi connectivity index (χ1) is 8.06. The van der Waals surface area contributed by atoms with E-state index < -0.39 is 0 Å². The van der Waals surface area contributed by atoms with Crippen LogP contribution in [0.15, 0.2) is 18.5 Å². The van der Waals surface area contributed by atoms with Crippen LogP contribution in [0.3, 0.4) is 0 Å². The van der Waals surface area contributed by atoms with E-state index in [2.05, 4.69) is 36.8 Å². The van der Waals surface area contributed by atoms with Crippen molar-refractivity contribution in [1.82, 2.24) is 9.55 Å². The molecule has 0 radical (unpaired) electrons. The van der Waals surface area contributed by atoms with Crippen molar-refractivity contribution in [2.45, 2.75) is 3.74 Å². The van der Waals surface area contributed by atoms with Crippen LogP contribution in [0.5, 0.6) is 0 Å². The smallest absolute Gasteiger partial charge is 0.340 e. The Hall–Kier alpha value is -0.880. The number of rotatable bonds is 2. The predicted octanol–water partition coefficient (Wildman–Crippen LogP) is 3.15. The number of carbonyl (C=O) groups excluding carboxylic acids is 1. The number of ether oxygens (including phenoxy) is 1. The van der Waals surface area contributed by atoms with Crippen molar-refractivity contribution >= 4 is 48.9 Å². The zero-order valence-electron chi connectivity index (χ0n) is 9.28. The average Bonchev–Trinajstić information content (AvgIpc) is 2.69. The maximum atomic E-state index is 11.7. The second kappa shape index (κ2) is 4.78. The van der Waals surface area contributed by atoms with Crippen molar-refractivity contribution in [2.24, 2.45) is 7.05 Å². The Morgan fingerprint density at radius 1 is 1.47 bits per heavy atom. The molecule has 0 aliphatic rings. The normalized spacial score (nSPS) is 11.1. The maximum Gasteiger partial charge on any atom is 0.340 e. The summed E-state index contributed by atoms with van der Waals surface area (Å²) in [7, 11) is 3.22. The van der Waals surface area contributed by atoms with Crippen LogP contribution in [0.25, 0.3) is 11.0 Å². The van der Waals surface area contributed by atoms with Gasteiger partial charge in [0, 0.05) is 12.6 Å². The molecule has 4 nitrogen and oxygen atoms in total. The summed E-state index contributed by atoms with van der Waals surface area (Å²) in [5, 5.41) is 0. The second-order valence-corrected chi connectivity index (χ2v) is 6.61. The van der Waals surface area contributed by atoms with Gasteiger partial charge < -0.3 is 9.30 Å². The van der Waals surface area contributed by atoms with Gasteiger partial charge in [-0.3, -0.25) is 0 Å². The molecule has 1 heterocycles. The highest BCUT2D eigenvalue weighted by atomic mass is 79.9. The number of nitrogens with zero attached hydrogens (tertiary/aromatic N) is 2. The number of hydrogen-bond acceptors (Lipinski definition) is 3. The highest BCUT2D eigenvalue weighted by molar-refractivity contribution is 9.24. The van der Waals surface area contributed by atoms with Gasteiger partial charge >= 0.3 is 5.97 Å². The minimum Gasteiger partial charge on any atom is -0.465 e. The molecule has 0 amide bonds. The van der Waals surface area contributed by atoms with Gasteiger partial charge in [-0.25, -0.2) is 9.78 Å². The van der Waals surface area contributed by atoms with Gasteiger partial charge in [0.15, 0.2) is 0 Å². The Morgan fingerprint density at radius 2 is 2.18 bits per heavy atom. The first kappa shape index (κ1) is 12.6. The number of hydrogen-bond donors (Lipinski definition) is 0. The van der Waals surface area contributed by atoms with E-state index in [1.807, 2.05) is 17.7 Å². The van der Waals surface area contributed by atoms with E-state index in [-0.39, 0.29) is 9.71 Å². The van der Waals surface area contributed by atoms with Crippen molar-refractivity contribution < 1.29 is 9.53 Å². The number of fused-ring (bicyclic) bond motifs is 1. The van der Waals surface area contributed by atoms with Crippen LogP contribution in [0.4, 0.5) is 0 Å². The zero-order valence-corrected chi connectivity index (χ0v) is 12.4. The predicted molar refractivity (Wildman–Crippen MR) is 72.6 cm³/mol. The second-order valence-electron chi connectivity index (χ2n) is 3.55. The number of benzene rings is 1. The van der Waals surface area contributed by atoms with E-state index in [4.69, 9.17) is 4.74 Å². The molecular formula is C11H10Br2N2O2. The Labute approximate surface area is 115 Å². The summed E-state index contributed by atoms with van der Waals surface area (Å²) in [4.78, 5) is 16.0. The van der Waals surface area contributed by atoms with E-state index in [9.17, 15) is 4.79 Å². The lowest BCUT2D eigenvalue weighted by Crippen LogP contribution is -2.04. The van der Waals surface area contributed by atoms with Crippen LogP contribution in [-0.4, -0.2) is 22.6 Å². The molecule has 0 saturated carbocycles. The minimum atomic E-state index is -0.356. The van der Waals surface area contributed by atoms with E-state index >= 15 is 0 Å². The Balaban J connectivity index is 2.77. The quantitative estimate of drug-likeness (QED) is 0.609. The van der Waals surface area contributed by atoms with Gasteiger partial charge in [0.25, 0.3) is 0 Å². The number of methoxy groups -OCH3 is 1. The molecule has 2 aromatic rings. The lowest BCUT2D eigenvalue weighted by atomic mass is 10.1. The third-order valence-electron chi connectivity index (χ3n) is 2.54. The minimum absolute atomic E-state index is 0.000836. The summed E-state index contributed by atoms with van der Waals surface area (Å²) in [6.07, 6.45) is 1.68. The summed E-state index contributed by atoms with van der Waals surface area (Å²) >= 11 is 6.89. The van der Waals surface area contributed by atoms with Crippen molar-refractivity contribution in [3.63, 3.8) is 0 Å². The lowest BCUT2D eigenvalue weighted by Gasteiger charge is -2.08. The molecular weight excluding hydrogens is 352 g/mol. The molecule has 6 heteroatoms. The third kappa shape index (κ3) is 2.11. The number of esters is 1. The van der Waals surface area contributed by atoms with Gasteiger partial charge in [-0.05, 0) is 6.07 Å². The number of aromatic nitrogens is 2. The first-order valence-electron chi connectivity index (χ1n) is 4.86. The molecule has 0 saturated heterocycles. The summed E-state index contributed by atoms with van der Waals surface area (Å²) in [5.41, 5.74) is 3.06. The summed E-state index contributed by atoms with van der Waals surface area (Å²) < 4.78 is 6.58. The fourth-order valence-electron chi connectivity index (χ4n) is 1.74. The van der Waals surface area contributed by atoms with E-state index in [1.165, 1.54) is 7.11 Å². The van der Waals surface area contributed by atoms with Gasteiger partial charge in [0.05, 0.1) is 33.8 Å². The molecule has 0 bridgehead atoms. The molecule has 17 heavy (non-hydrogen) atoms. The highest BCUT2D eigenvalue weighted by Crippen LogP contribution is 2.34. The van der Waals surface area contributed by atoms with Crippen LogP contribution in [-0.2, 0) is 11.8 Å². The van der Waals surface area contributed by atoms with Gasteiger partial charge in [-0.15, -0.1) is 0 Å². The number of alkyl halides is 2. The lowest BCUT2D eigenvalue weighted by molar-refractivity contribution is 0.0602. The van der Waals surface area contributed by atoms with Gasteiger partial charge in [0.1, 0.15) is 0 Å². The van der Waals surface area contributed by atoms with Gasteiger partial charge in [-0.2, -0.15) is 0 Å². The number of halogens is 2. The molecule has 0 unspecified atom stereocenters. The first-order valence-corrected chi connectivity index (χ1v) is 6.69. The Morgan fingerprint density at radius 3 is 2.76 bits per heavy atom. The van der Waals surface area contributed by atoms with Crippen LogP contribution in [0.2, 0.25) is 0 Å². The molecule has 2 rings (SSSR count). The molecule has 1 aromatic heterocycles. The topological polar surface area (TPSA) is 44.1 Å².